The summed E-state index contributed by atoms with van der Waals surface area (Å²) >= 11 is 0. The minimum atomic E-state index is -1.29. The maximum absolute atomic E-state index is 13.9. The molecule has 7 heteroatoms. The summed E-state index contributed by atoms with van der Waals surface area (Å²) in [6, 6.07) is 5.92. The summed E-state index contributed by atoms with van der Waals surface area (Å²) in [6.45, 7) is 2.23. The number of halogens is 1. The molecule has 1 fully saturated rings. The van der Waals surface area contributed by atoms with Gasteiger partial charge in [0, 0.05) is 25.3 Å². The average molecular weight is 329 g/mol. The van der Waals surface area contributed by atoms with Crippen LogP contribution in [0.2, 0.25) is 0 Å². The molecule has 24 heavy (non-hydrogen) atoms. The normalized spacial score (nSPS) is 16.0. The van der Waals surface area contributed by atoms with Gasteiger partial charge in [-0.1, -0.05) is 0 Å². The molecule has 0 aliphatic carbocycles. The van der Waals surface area contributed by atoms with Crippen molar-refractivity contribution < 1.29 is 19.1 Å². The third-order valence-corrected chi connectivity index (χ3v) is 4.62. The summed E-state index contributed by atoms with van der Waals surface area (Å²) in [6.07, 6.45) is 1.79. The molecular weight excluding hydrogens is 313 g/mol. The van der Waals surface area contributed by atoms with Crippen LogP contribution in [0.3, 0.4) is 0 Å². The Morgan fingerprint density at radius 2 is 1.96 bits per heavy atom. The number of nitrogens with one attached hydrogen (secondary N) is 1. The molecule has 2 aliphatic heterocycles. The van der Waals surface area contributed by atoms with Crippen LogP contribution in [0, 0.1) is 5.82 Å². The Bertz CT molecular complexity index is 842. The fraction of sp³-hybridized carbons (Fsp3) is 0.294. The number of carboxylic acid groups (broad SMARTS) is 1. The molecule has 0 atom stereocenters. The maximum atomic E-state index is 13.9. The van der Waals surface area contributed by atoms with Gasteiger partial charge >= 0.3 is 5.97 Å². The number of hydrogen-bond acceptors (Lipinski definition) is 3. The molecule has 0 saturated carbocycles. The first-order chi connectivity index (χ1) is 11.5. The Hall–Kier alpha value is -2.83. The van der Waals surface area contributed by atoms with Crippen molar-refractivity contribution in [2.24, 2.45) is 0 Å². The molecule has 0 bridgehead atoms. The van der Waals surface area contributed by atoms with E-state index in [9.17, 15) is 14.0 Å². The van der Waals surface area contributed by atoms with Crippen molar-refractivity contribution in [3.63, 3.8) is 0 Å². The lowest BCUT2D eigenvalue weighted by atomic mass is 10.2. The van der Waals surface area contributed by atoms with Gasteiger partial charge in [-0.05, 0) is 42.7 Å². The predicted molar refractivity (Wildman–Crippen MR) is 85.4 cm³/mol. The highest BCUT2D eigenvalue weighted by Crippen LogP contribution is 2.35. The van der Waals surface area contributed by atoms with Crippen molar-refractivity contribution >= 4 is 23.4 Å². The van der Waals surface area contributed by atoms with E-state index in [0.717, 1.165) is 37.3 Å². The molecule has 1 aromatic carbocycles. The molecule has 4 rings (SSSR count). The van der Waals surface area contributed by atoms with Crippen LogP contribution >= 0.6 is 0 Å². The number of H-pyrrole nitrogens is 1. The van der Waals surface area contributed by atoms with Gasteiger partial charge in [-0.15, -0.1) is 0 Å². The maximum Gasteiger partial charge on any atom is 0.338 e. The number of benzene rings is 1. The molecule has 2 aliphatic rings. The van der Waals surface area contributed by atoms with Gasteiger partial charge in [-0.3, -0.25) is 4.79 Å². The standard InChI is InChI=1S/C17H16FN3O3/c18-13-9-11(2-3-12(13)17(23)24)21-7-4-10-8-14(19-15(10)21)16(22)20-5-1-6-20/h2-3,8-9,19H,1,4-7H2,(H,23,24). The number of carbonyl (C=O) groups is 2. The molecular formula is C17H16FN3O3. The van der Waals surface area contributed by atoms with Crippen molar-refractivity contribution in [3.05, 3.63) is 46.9 Å². The fourth-order valence-electron chi connectivity index (χ4n) is 3.17. The number of likely N-dealkylation sites (tertiary alicyclic amines) is 1. The fourth-order valence-corrected chi connectivity index (χ4v) is 3.17. The number of anilines is 2. The number of aromatic carboxylic acids is 1. The molecule has 124 valence electrons. The predicted octanol–water partition coefficient (Wildman–Crippen LogP) is 2.39. The minimum Gasteiger partial charge on any atom is -0.478 e. The highest BCUT2D eigenvalue weighted by molar-refractivity contribution is 5.94. The zero-order valence-electron chi connectivity index (χ0n) is 12.9. The number of carbonyl (C=O) groups excluding carboxylic acids is 1. The second-order valence-electron chi connectivity index (χ2n) is 6.07. The van der Waals surface area contributed by atoms with Gasteiger partial charge < -0.3 is 19.9 Å². The van der Waals surface area contributed by atoms with Gasteiger partial charge in [0.1, 0.15) is 17.3 Å². The van der Waals surface area contributed by atoms with E-state index in [4.69, 9.17) is 5.11 Å². The number of rotatable bonds is 3. The topological polar surface area (TPSA) is 76.6 Å². The largest absolute Gasteiger partial charge is 0.478 e. The number of nitrogens with zero attached hydrogens (tertiary/aromatic N) is 2. The third-order valence-electron chi connectivity index (χ3n) is 4.62. The quantitative estimate of drug-likeness (QED) is 0.906. The summed E-state index contributed by atoms with van der Waals surface area (Å²) in [5.41, 5.74) is 1.79. The Balaban J connectivity index is 1.64. The van der Waals surface area contributed by atoms with Crippen molar-refractivity contribution in [1.82, 2.24) is 9.88 Å². The second-order valence-corrected chi connectivity index (χ2v) is 6.07. The first-order valence-corrected chi connectivity index (χ1v) is 7.86. The van der Waals surface area contributed by atoms with Crippen LogP contribution in [-0.4, -0.2) is 46.5 Å². The first-order valence-electron chi connectivity index (χ1n) is 7.86. The average Bonchev–Trinajstić information content (AvgIpc) is 3.04. The van der Waals surface area contributed by atoms with E-state index < -0.39 is 11.8 Å². The Morgan fingerprint density at radius 3 is 2.58 bits per heavy atom. The summed E-state index contributed by atoms with van der Waals surface area (Å²) in [5.74, 6) is -1.29. The number of fused-ring (bicyclic) bond motifs is 1. The highest BCUT2D eigenvalue weighted by Gasteiger charge is 2.29. The van der Waals surface area contributed by atoms with Crippen LogP contribution in [-0.2, 0) is 6.42 Å². The lowest BCUT2D eigenvalue weighted by Crippen LogP contribution is -2.42. The van der Waals surface area contributed by atoms with E-state index in [1.807, 2.05) is 11.0 Å². The van der Waals surface area contributed by atoms with Crippen molar-refractivity contribution in [3.8, 4) is 0 Å². The lowest BCUT2D eigenvalue weighted by Gasteiger charge is -2.30. The van der Waals surface area contributed by atoms with Gasteiger partial charge in [0.15, 0.2) is 0 Å². The molecule has 6 nitrogen and oxygen atoms in total. The van der Waals surface area contributed by atoms with Crippen LogP contribution < -0.4 is 4.90 Å². The van der Waals surface area contributed by atoms with Crippen LogP contribution in [0.4, 0.5) is 15.9 Å². The van der Waals surface area contributed by atoms with Crippen LogP contribution in [0.15, 0.2) is 24.3 Å². The van der Waals surface area contributed by atoms with Gasteiger partial charge in [-0.25, -0.2) is 9.18 Å². The Kier molecular flexibility index (Phi) is 3.30. The zero-order valence-corrected chi connectivity index (χ0v) is 12.9. The van der Waals surface area contributed by atoms with E-state index in [1.165, 1.54) is 12.1 Å². The van der Waals surface area contributed by atoms with Gasteiger partial charge in [0.05, 0.1) is 5.56 Å². The Labute approximate surface area is 137 Å². The van der Waals surface area contributed by atoms with E-state index in [2.05, 4.69) is 4.98 Å². The number of amides is 1. The van der Waals surface area contributed by atoms with E-state index in [1.54, 1.807) is 11.0 Å². The monoisotopic (exact) mass is 329 g/mol. The van der Waals surface area contributed by atoms with Gasteiger partial charge in [0.25, 0.3) is 5.91 Å². The van der Waals surface area contributed by atoms with Crippen LogP contribution in [0.5, 0.6) is 0 Å². The third kappa shape index (κ3) is 2.24. The van der Waals surface area contributed by atoms with Gasteiger partial charge in [-0.2, -0.15) is 0 Å². The van der Waals surface area contributed by atoms with E-state index >= 15 is 0 Å². The smallest absolute Gasteiger partial charge is 0.338 e. The summed E-state index contributed by atoms with van der Waals surface area (Å²) in [5, 5.41) is 8.92. The SMILES string of the molecule is O=C(O)c1ccc(N2CCc3cc(C(=O)N4CCC4)[nH]c32)cc1F. The first kappa shape index (κ1) is 14.7. The molecule has 0 spiro atoms. The summed E-state index contributed by atoms with van der Waals surface area (Å²) in [4.78, 5) is 30.0. The van der Waals surface area contributed by atoms with Crippen molar-refractivity contribution in [2.45, 2.75) is 12.8 Å². The lowest BCUT2D eigenvalue weighted by molar-refractivity contribution is 0.0644. The molecule has 1 saturated heterocycles. The van der Waals surface area contributed by atoms with Crippen LogP contribution in [0.25, 0.3) is 0 Å². The molecule has 0 radical (unpaired) electrons. The number of carboxylic acids is 1. The van der Waals surface area contributed by atoms with E-state index in [-0.39, 0.29) is 11.5 Å². The zero-order chi connectivity index (χ0) is 16.8. The molecule has 0 unspecified atom stereocenters. The summed E-state index contributed by atoms with van der Waals surface area (Å²) in [7, 11) is 0. The molecule has 3 heterocycles. The van der Waals surface area contributed by atoms with Crippen molar-refractivity contribution in [1.29, 1.82) is 0 Å². The number of aromatic amines is 1. The van der Waals surface area contributed by atoms with E-state index in [0.29, 0.717) is 17.9 Å². The van der Waals surface area contributed by atoms with Crippen LogP contribution in [0.1, 0.15) is 32.8 Å². The number of aromatic nitrogens is 1. The summed E-state index contributed by atoms with van der Waals surface area (Å²) < 4.78 is 13.9. The molecule has 2 aromatic rings. The molecule has 1 aromatic heterocycles. The molecule has 1 amide bonds. The number of hydrogen-bond donors (Lipinski definition) is 2. The Morgan fingerprint density at radius 1 is 1.17 bits per heavy atom. The highest BCUT2D eigenvalue weighted by atomic mass is 19.1. The minimum absolute atomic E-state index is 0.0111. The van der Waals surface area contributed by atoms with Gasteiger partial charge in [0.2, 0.25) is 0 Å². The molecule has 2 N–H and O–H groups in total. The second kappa shape index (κ2) is 5.36. The van der Waals surface area contributed by atoms with Crippen molar-refractivity contribution in [2.75, 3.05) is 24.5 Å².